The lowest BCUT2D eigenvalue weighted by molar-refractivity contribution is -0.289. The first-order valence-corrected chi connectivity index (χ1v) is 6.71. The normalized spacial score (nSPS) is 18.5. The molecule has 1 heterocycles. The van der Waals surface area contributed by atoms with E-state index in [2.05, 4.69) is 5.32 Å². The summed E-state index contributed by atoms with van der Waals surface area (Å²) in [5, 5.41) is 4.20. The van der Waals surface area contributed by atoms with Gasteiger partial charge in [0.15, 0.2) is 0 Å². The lowest BCUT2D eigenvalue weighted by Gasteiger charge is -2.25. The Kier molecular flexibility index (Phi) is 4.83. The summed E-state index contributed by atoms with van der Waals surface area (Å²) in [4.78, 5) is 1.86. The quantitative estimate of drug-likeness (QED) is 0.784. The average molecular weight is 307 g/mol. The van der Waals surface area contributed by atoms with Gasteiger partial charge in [0, 0.05) is 31.7 Å². The number of hydrogen-bond donors (Lipinski definition) is 0. The smallest absolute Gasteiger partial charge is 0.298 e. The minimum absolute atomic E-state index is 0.0155. The van der Waals surface area contributed by atoms with Crippen molar-refractivity contribution in [2.24, 2.45) is 0 Å². The van der Waals surface area contributed by atoms with Crippen LogP contribution in [-0.4, -0.2) is 37.3 Å². The summed E-state index contributed by atoms with van der Waals surface area (Å²) < 4.78 is 64.9. The van der Waals surface area contributed by atoms with Crippen molar-refractivity contribution in [3.63, 3.8) is 0 Å². The fourth-order valence-electron chi connectivity index (χ4n) is 2.36. The molecule has 117 valence electrons. The monoisotopic (exact) mass is 307 g/mol. The molecule has 1 aromatic rings. The SMILES string of the molecule is FC(F)(F)C(F)(F)c1ccccc1CN1CCC[N]CC1. The number of rotatable bonds is 3. The van der Waals surface area contributed by atoms with Crippen LogP contribution in [0.4, 0.5) is 22.0 Å². The number of benzene rings is 1. The van der Waals surface area contributed by atoms with E-state index in [-0.39, 0.29) is 12.1 Å². The van der Waals surface area contributed by atoms with Crippen molar-refractivity contribution >= 4 is 0 Å². The summed E-state index contributed by atoms with van der Waals surface area (Å²) in [5.74, 6) is -4.83. The molecule has 0 bridgehead atoms. The van der Waals surface area contributed by atoms with Gasteiger partial charge in [0.25, 0.3) is 0 Å². The molecule has 0 aliphatic carbocycles. The van der Waals surface area contributed by atoms with E-state index in [4.69, 9.17) is 0 Å². The molecule has 2 rings (SSSR count). The minimum atomic E-state index is -5.59. The van der Waals surface area contributed by atoms with E-state index in [9.17, 15) is 22.0 Å². The molecule has 1 aromatic carbocycles. The van der Waals surface area contributed by atoms with Gasteiger partial charge < -0.3 is 0 Å². The maximum atomic E-state index is 13.6. The first-order chi connectivity index (χ1) is 9.82. The van der Waals surface area contributed by atoms with E-state index in [1.807, 2.05) is 4.90 Å². The molecule has 0 N–H and O–H groups in total. The summed E-state index contributed by atoms with van der Waals surface area (Å²) in [5.41, 5.74) is -0.944. The molecule has 0 unspecified atom stereocenters. The van der Waals surface area contributed by atoms with Gasteiger partial charge in [-0.3, -0.25) is 4.90 Å². The third kappa shape index (κ3) is 3.71. The Bertz CT molecular complexity index is 465. The van der Waals surface area contributed by atoms with Crippen molar-refractivity contribution in [3.05, 3.63) is 35.4 Å². The van der Waals surface area contributed by atoms with Gasteiger partial charge in [0.2, 0.25) is 0 Å². The second-order valence-corrected chi connectivity index (χ2v) is 5.03. The summed E-state index contributed by atoms with van der Waals surface area (Å²) in [6, 6.07) is 4.87. The first kappa shape index (κ1) is 16.2. The summed E-state index contributed by atoms with van der Waals surface area (Å²) in [6.45, 7) is 2.59. The molecule has 0 atom stereocenters. The van der Waals surface area contributed by atoms with Crippen molar-refractivity contribution in [3.8, 4) is 0 Å². The predicted molar refractivity (Wildman–Crippen MR) is 68.2 cm³/mol. The number of alkyl halides is 5. The highest BCUT2D eigenvalue weighted by Crippen LogP contribution is 2.45. The lowest BCUT2D eigenvalue weighted by Crippen LogP contribution is -2.36. The van der Waals surface area contributed by atoms with Crippen molar-refractivity contribution in [2.75, 3.05) is 26.2 Å². The fraction of sp³-hybridized carbons (Fsp3) is 0.571. The average Bonchev–Trinajstić information content (AvgIpc) is 2.66. The van der Waals surface area contributed by atoms with Crippen molar-refractivity contribution in [2.45, 2.75) is 25.1 Å². The second kappa shape index (κ2) is 6.27. The summed E-state index contributed by atoms with van der Waals surface area (Å²) >= 11 is 0. The molecule has 0 aromatic heterocycles. The molecular formula is C14H16F5N2. The number of hydrogen-bond acceptors (Lipinski definition) is 1. The van der Waals surface area contributed by atoms with Gasteiger partial charge in [-0.15, -0.1) is 0 Å². The lowest BCUT2D eigenvalue weighted by atomic mass is 10.0. The zero-order valence-corrected chi connectivity index (χ0v) is 11.3. The molecule has 21 heavy (non-hydrogen) atoms. The van der Waals surface area contributed by atoms with Gasteiger partial charge in [0.1, 0.15) is 0 Å². The highest BCUT2D eigenvalue weighted by Gasteiger charge is 2.59. The van der Waals surface area contributed by atoms with Gasteiger partial charge in [-0.25, -0.2) is 5.32 Å². The molecule has 1 saturated heterocycles. The molecular weight excluding hydrogens is 291 g/mol. The van der Waals surface area contributed by atoms with E-state index in [0.717, 1.165) is 12.5 Å². The van der Waals surface area contributed by atoms with E-state index < -0.39 is 17.7 Å². The van der Waals surface area contributed by atoms with Gasteiger partial charge in [0.05, 0.1) is 0 Å². The zero-order valence-electron chi connectivity index (χ0n) is 11.3. The Morgan fingerprint density at radius 2 is 1.71 bits per heavy atom. The van der Waals surface area contributed by atoms with Crippen molar-refractivity contribution in [1.82, 2.24) is 10.2 Å². The van der Waals surface area contributed by atoms with Crippen LogP contribution in [-0.2, 0) is 12.5 Å². The molecule has 0 amide bonds. The van der Waals surface area contributed by atoms with Crippen LogP contribution < -0.4 is 5.32 Å². The largest absolute Gasteiger partial charge is 0.458 e. The van der Waals surface area contributed by atoms with E-state index in [0.29, 0.717) is 26.2 Å². The topological polar surface area (TPSA) is 17.3 Å². The molecule has 1 fully saturated rings. The zero-order chi connectivity index (χ0) is 15.5. The Morgan fingerprint density at radius 3 is 2.43 bits per heavy atom. The van der Waals surface area contributed by atoms with Crippen LogP contribution in [0.25, 0.3) is 0 Å². The third-order valence-corrected chi connectivity index (χ3v) is 3.47. The van der Waals surface area contributed by atoms with Crippen molar-refractivity contribution in [1.29, 1.82) is 0 Å². The van der Waals surface area contributed by atoms with Gasteiger partial charge in [-0.05, 0) is 18.5 Å². The van der Waals surface area contributed by atoms with E-state index in [1.165, 1.54) is 18.2 Å². The maximum absolute atomic E-state index is 13.6. The fourth-order valence-corrected chi connectivity index (χ4v) is 2.36. The molecule has 1 aliphatic heterocycles. The van der Waals surface area contributed by atoms with Crippen LogP contribution in [0.3, 0.4) is 0 Å². The number of halogens is 5. The minimum Gasteiger partial charge on any atom is -0.298 e. The molecule has 1 radical (unpaired) electrons. The van der Waals surface area contributed by atoms with Crippen LogP contribution in [0.2, 0.25) is 0 Å². The van der Waals surface area contributed by atoms with Gasteiger partial charge in [-0.1, -0.05) is 24.3 Å². The molecule has 7 heteroatoms. The van der Waals surface area contributed by atoms with Crippen LogP contribution in [0.5, 0.6) is 0 Å². The Balaban J connectivity index is 2.24. The predicted octanol–water partition coefficient (Wildman–Crippen LogP) is 3.15. The van der Waals surface area contributed by atoms with E-state index in [1.54, 1.807) is 0 Å². The first-order valence-electron chi connectivity index (χ1n) is 6.71. The van der Waals surface area contributed by atoms with Crippen LogP contribution in [0.1, 0.15) is 17.5 Å². The van der Waals surface area contributed by atoms with Gasteiger partial charge in [-0.2, -0.15) is 22.0 Å². The molecule has 1 aliphatic rings. The summed E-state index contributed by atoms with van der Waals surface area (Å²) in [6.07, 6.45) is -4.80. The summed E-state index contributed by atoms with van der Waals surface area (Å²) in [7, 11) is 0. The van der Waals surface area contributed by atoms with Crippen molar-refractivity contribution < 1.29 is 22.0 Å². The van der Waals surface area contributed by atoms with Crippen LogP contribution >= 0.6 is 0 Å². The highest BCUT2D eigenvalue weighted by atomic mass is 19.4. The Morgan fingerprint density at radius 1 is 1.00 bits per heavy atom. The standard InChI is InChI=1S/C14H16F5N2/c15-13(16,14(17,18)19)12-5-2-1-4-11(12)10-21-8-3-6-20-7-9-21/h1-2,4-5H,3,6-10H2. The van der Waals surface area contributed by atoms with Crippen LogP contribution in [0.15, 0.2) is 24.3 Å². The molecule has 2 nitrogen and oxygen atoms in total. The second-order valence-electron chi connectivity index (χ2n) is 5.03. The van der Waals surface area contributed by atoms with E-state index >= 15 is 0 Å². The Hall–Kier alpha value is -1.21. The highest BCUT2D eigenvalue weighted by molar-refractivity contribution is 5.32. The third-order valence-electron chi connectivity index (χ3n) is 3.47. The Labute approximate surface area is 119 Å². The van der Waals surface area contributed by atoms with Crippen LogP contribution in [0, 0.1) is 0 Å². The molecule has 0 saturated carbocycles. The van der Waals surface area contributed by atoms with Gasteiger partial charge >= 0.3 is 12.1 Å². The maximum Gasteiger partial charge on any atom is 0.458 e. The molecule has 0 spiro atoms. The number of nitrogens with zero attached hydrogens (tertiary/aromatic N) is 2.